The highest BCUT2D eigenvalue weighted by molar-refractivity contribution is 5.54. The van der Waals surface area contributed by atoms with E-state index in [1.165, 1.54) is 0 Å². The van der Waals surface area contributed by atoms with Crippen LogP contribution in [0.2, 0.25) is 0 Å². The van der Waals surface area contributed by atoms with Gasteiger partial charge in [0.2, 0.25) is 5.75 Å². The zero-order chi connectivity index (χ0) is 15.8. The molecule has 0 spiro atoms. The second-order valence-corrected chi connectivity index (χ2v) is 5.07. The average Bonchev–Trinajstić information content (AvgIpc) is 2.48. The van der Waals surface area contributed by atoms with E-state index in [0.29, 0.717) is 17.2 Å². The number of hydrogen-bond acceptors (Lipinski definition) is 5. The molecular weight excluding hydrogens is 270 g/mol. The Kier molecular flexibility index (Phi) is 7.32. The van der Waals surface area contributed by atoms with Crippen molar-refractivity contribution in [3.63, 3.8) is 0 Å². The zero-order valence-corrected chi connectivity index (χ0v) is 13.6. The molecule has 0 amide bonds. The molecule has 21 heavy (non-hydrogen) atoms. The molecule has 0 heterocycles. The van der Waals surface area contributed by atoms with Crippen molar-refractivity contribution < 1.29 is 19.3 Å². The highest BCUT2D eigenvalue weighted by atomic mass is 16.5. The molecule has 1 aromatic rings. The predicted octanol–water partition coefficient (Wildman–Crippen LogP) is 2.35. The van der Waals surface area contributed by atoms with Crippen LogP contribution in [-0.2, 0) is 6.54 Å². The Balaban J connectivity index is 3.00. The summed E-state index contributed by atoms with van der Waals surface area (Å²) in [5, 5.41) is 12.9. The SMILES string of the molecule is CCCNCc1cc(OC)c(OC(C)C(C)O)c(OC)c1. The molecule has 0 bridgehead atoms. The molecule has 0 saturated carbocycles. The first-order valence-corrected chi connectivity index (χ1v) is 7.33. The summed E-state index contributed by atoms with van der Waals surface area (Å²) in [6.07, 6.45) is 0.156. The van der Waals surface area contributed by atoms with Gasteiger partial charge in [-0.3, -0.25) is 0 Å². The lowest BCUT2D eigenvalue weighted by Gasteiger charge is -2.21. The van der Waals surface area contributed by atoms with Gasteiger partial charge in [0.1, 0.15) is 6.10 Å². The Morgan fingerprint density at radius 3 is 2.14 bits per heavy atom. The number of aliphatic hydroxyl groups excluding tert-OH is 1. The highest BCUT2D eigenvalue weighted by Crippen LogP contribution is 2.39. The Hall–Kier alpha value is -1.46. The van der Waals surface area contributed by atoms with Crippen molar-refractivity contribution in [2.75, 3.05) is 20.8 Å². The number of hydrogen-bond donors (Lipinski definition) is 2. The molecule has 0 aromatic heterocycles. The Bertz CT molecular complexity index is 409. The molecule has 2 unspecified atom stereocenters. The van der Waals surface area contributed by atoms with Gasteiger partial charge < -0.3 is 24.6 Å². The van der Waals surface area contributed by atoms with Crippen LogP contribution in [0, 0.1) is 0 Å². The lowest BCUT2D eigenvalue weighted by molar-refractivity contribution is 0.0567. The van der Waals surface area contributed by atoms with Crippen molar-refractivity contribution in [1.82, 2.24) is 5.32 Å². The topological polar surface area (TPSA) is 60.0 Å². The largest absolute Gasteiger partial charge is 0.493 e. The summed E-state index contributed by atoms with van der Waals surface area (Å²) < 4.78 is 16.6. The van der Waals surface area contributed by atoms with E-state index in [4.69, 9.17) is 14.2 Å². The molecule has 120 valence electrons. The normalized spacial score (nSPS) is 13.6. The number of benzene rings is 1. The third-order valence-electron chi connectivity index (χ3n) is 3.26. The molecule has 2 atom stereocenters. The second kappa shape index (κ2) is 8.74. The number of rotatable bonds is 9. The molecule has 5 heteroatoms. The van der Waals surface area contributed by atoms with Crippen LogP contribution in [0.3, 0.4) is 0 Å². The highest BCUT2D eigenvalue weighted by Gasteiger charge is 2.19. The molecular formula is C16H27NO4. The molecule has 0 fully saturated rings. The molecule has 0 aliphatic heterocycles. The molecule has 0 aliphatic carbocycles. The first-order valence-electron chi connectivity index (χ1n) is 7.33. The second-order valence-electron chi connectivity index (χ2n) is 5.07. The fourth-order valence-corrected chi connectivity index (χ4v) is 1.85. The van der Waals surface area contributed by atoms with Gasteiger partial charge in [-0.15, -0.1) is 0 Å². The minimum Gasteiger partial charge on any atom is -0.493 e. The number of methoxy groups -OCH3 is 2. The van der Waals surface area contributed by atoms with Gasteiger partial charge in [0.15, 0.2) is 11.5 Å². The zero-order valence-electron chi connectivity index (χ0n) is 13.6. The Morgan fingerprint density at radius 1 is 1.14 bits per heavy atom. The van der Waals surface area contributed by atoms with Gasteiger partial charge in [-0.1, -0.05) is 6.92 Å². The molecule has 1 rings (SSSR count). The quantitative estimate of drug-likeness (QED) is 0.685. The van der Waals surface area contributed by atoms with Crippen molar-refractivity contribution in [3.05, 3.63) is 17.7 Å². The monoisotopic (exact) mass is 297 g/mol. The molecule has 0 aliphatic rings. The van der Waals surface area contributed by atoms with Crippen LogP contribution >= 0.6 is 0 Å². The van der Waals surface area contributed by atoms with Crippen LogP contribution in [0.5, 0.6) is 17.2 Å². The summed E-state index contributed by atoms with van der Waals surface area (Å²) in [7, 11) is 3.19. The first kappa shape index (κ1) is 17.6. The van der Waals surface area contributed by atoms with Gasteiger partial charge in [0.05, 0.1) is 20.3 Å². The van der Waals surface area contributed by atoms with E-state index < -0.39 is 6.10 Å². The van der Waals surface area contributed by atoms with Gasteiger partial charge in [0.25, 0.3) is 0 Å². The smallest absolute Gasteiger partial charge is 0.203 e. The van der Waals surface area contributed by atoms with E-state index in [-0.39, 0.29) is 6.10 Å². The van der Waals surface area contributed by atoms with E-state index in [0.717, 1.165) is 25.1 Å². The third kappa shape index (κ3) is 5.10. The maximum Gasteiger partial charge on any atom is 0.203 e. The van der Waals surface area contributed by atoms with Crippen molar-refractivity contribution in [2.24, 2.45) is 0 Å². The maximum absolute atomic E-state index is 9.59. The minimum absolute atomic E-state index is 0.350. The van der Waals surface area contributed by atoms with Crippen LogP contribution < -0.4 is 19.5 Å². The van der Waals surface area contributed by atoms with E-state index in [1.807, 2.05) is 12.1 Å². The van der Waals surface area contributed by atoms with Crippen LogP contribution in [-0.4, -0.2) is 38.1 Å². The Labute approximate surface area is 127 Å². The standard InChI is InChI=1S/C16H27NO4/c1-6-7-17-10-13-8-14(19-4)16(15(9-13)20-5)21-12(3)11(2)18/h8-9,11-12,17-18H,6-7,10H2,1-5H3. The third-order valence-corrected chi connectivity index (χ3v) is 3.26. The fraction of sp³-hybridized carbons (Fsp3) is 0.625. The Morgan fingerprint density at radius 2 is 1.71 bits per heavy atom. The maximum atomic E-state index is 9.59. The number of aliphatic hydroxyl groups is 1. The van der Waals surface area contributed by atoms with Crippen LogP contribution in [0.25, 0.3) is 0 Å². The van der Waals surface area contributed by atoms with Crippen molar-refractivity contribution in [2.45, 2.75) is 45.9 Å². The summed E-state index contributed by atoms with van der Waals surface area (Å²) >= 11 is 0. The number of ether oxygens (including phenoxy) is 3. The summed E-state index contributed by atoms with van der Waals surface area (Å²) in [4.78, 5) is 0. The van der Waals surface area contributed by atoms with Gasteiger partial charge in [0, 0.05) is 6.54 Å². The minimum atomic E-state index is -0.578. The molecule has 5 nitrogen and oxygen atoms in total. The summed E-state index contributed by atoms with van der Waals surface area (Å²) in [5.74, 6) is 1.73. The molecule has 1 aromatic carbocycles. The van der Waals surface area contributed by atoms with Crippen molar-refractivity contribution in [3.8, 4) is 17.2 Å². The van der Waals surface area contributed by atoms with E-state index in [2.05, 4.69) is 12.2 Å². The van der Waals surface area contributed by atoms with Gasteiger partial charge in [-0.25, -0.2) is 0 Å². The van der Waals surface area contributed by atoms with Crippen molar-refractivity contribution >= 4 is 0 Å². The predicted molar refractivity (Wildman–Crippen MR) is 83.3 cm³/mol. The van der Waals surface area contributed by atoms with E-state index in [1.54, 1.807) is 28.1 Å². The van der Waals surface area contributed by atoms with E-state index >= 15 is 0 Å². The number of nitrogens with one attached hydrogen (secondary N) is 1. The average molecular weight is 297 g/mol. The molecule has 0 radical (unpaired) electrons. The van der Waals surface area contributed by atoms with Crippen molar-refractivity contribution in [1.29, 1.82) is 0 Å². The van der Waals surface area contributed by atoms with Gasteiger partial charge in [-0.2, -0.15) is 0 Å². The summed E-state index contributed by atoms with van der Waals surface area (Å²) in [5.41, 5.74) is 1.06. The van der Waals surface area contributed by atoms with Gasteiger partial charge in [-0.05, 0) is 44.5 Å². The van der Waals surface area contributed by atoms with Crippen LogP contribution in [0.1, 0.15) is 32.8 Å². The summed E-state index contributed by atoms with van der Waals surface area (Å²) in [6, 6.07) is 3.85. The van der Waals surface area contributed by atoms with Crippen LogP contribution in [0.4, 0.5) is 0 Å². The molecule has 0 saturated heterocycles. The van der Waals surface area contributed by atoms with E-state index in [9.17, 15) is 5.11 Å². The first-order chi connectivity index (χ1) is 10.0. The lowest BCUT2D eigenvalue weighted by atomic mass is 10.1. The van der Waals surface area contributed by atoms with Crippen LogP contribution in [0.15, 0.2) is 12.1 Å². The fourth-order valence-electron chi connectivity index (χ4n) is 1.85. The summed E-state index contributed by atoms with van der Waals surface area (Å²) in [6.45, 7) is 7.32. The van der Waals surface area contributed by atoms with Gasteiger partial charge >= 0.3 is 0 Å². The molecule has 2 N–H and O–H groups in total. The lowest BCUT2D eigenvalue weighted by Crippen LogP contribution is -2.26.